The van der Waals surface area contributed by atoms with Gasteiger partial charge in [-0.2, -0.15) is 0 Å². The molecule has 0 aromatic heterocycles. The fourth-order valence-electron chi connectivity index (χ4n) is 7.67. The number of carbonyl (C=O) groups excluding carboxylic acids is 2. The Kier molecular flexibility index (Phi) is 47.8. The second-order valence-corrected chi connectivity index (χ2v) is 21.5. The third-order valence-corrected chi connectivity index (χ3v) is 13.1. The summed E-state index contributed by atoms with van der Waals surface area (Å²) in [6.07, 6.45) is 64.4. The lowest BCUT2D eigenvalue weighted by Gasteiger charge is -2.27. The summed E-state index contributed by atoms with van der Waals surface area (Å²) in [6.45, 7) is 6.82. The average Bonchev–Trinajstić information content (AvgIpc) is 3.32. The number of allylic oxidation sites excluding steroid dienone is 13. The van der Waals surface area contributed by atoms with E-state index in [1.54, 1.807) is 0 Å². The SMILES string of the molecule is CC/C=C/C/C=C/CCCCCCCCCC(=O)NC(COP(=O)(O)OCC[N+](C)(C)C)C(/C=C/CCCCCCCCCCCCC)OC(=O)CCC/C=C\C/C=C\C/C=C\C/C=C\CCCCC. The van der Waals surface area contributed by atoms with Gasteiger partial charge in [-0.15, -0.1) is 0 Å². The molecule has 3 unspecified atom stereocenters. The Hall–Kier alpha value is -2.81. The first kappa shape index (κ1) is 67.2. The van der Waals surface area contributed by atoms with Crippen LogP contribution in [-0.4, -0.2) is 74.3 Å². The van der Waals surface area contributed by atoms with Gasteiger partial charge in [0.05, 0.1) is 33.8 Å². The number of esters is 1. The van der Waals surface area contributed by atoms with Crippen LogP contribution < -0.4 is 5.32 Å². The first-order valence-electron chi connectivity index (χ1n) is 28.4. The van der Waals surface area contributed by atoms with Gasteiger partial charge in [0.1, 0.15) is 19.3 Å². The van der Waals surface area contributed by atoms with Crippen LogP contribution in [0, 0.1) is 0 Å². The number of phosphoric acid groups is 1. The highest BCUT2D eigenvalue weighted by Crippen LogP contribution is 2.43. The zero-order valence-electron chi connectivity index (χ0n) is 46.0. The van der Waals surface area contributed by atoms with Gasteiger partial charge in [-0.25, -0.2) is 4.57 Å². The lowest BCUT2D eigenvalue weighted by molar-refractivity contribution is -0.870. The van der Waals surface area contributed by atoms with E-state index >= 15 is 0 Å². The van der Waals surface area contributed by atoms with E-state index in [2.05, 4.69) is 99.0 Å². The smallest absolute Gasteiger partial charge is 0.456 e. The standard InChI is InChI=1S/C60H107N2O7P/c1-7-10-13-16-19-22-25-28-30-31-32-35-38-41-44-47-50-53-60(64)69-58(51-48-45-42-39-36-33-27-24-21-18-15-12-9-3)57(56-68-70(65,66)67-55-54-62(4,5)6)61-59(63)52-49-46-43-40-37-34-29-26-23-20-17-14-11-8-2/h11,14,19-20,22-23,28,30,32,35,41,44,48,51,57-58H,7-10,12-13,15-18,21,24-27,29,31,33-34,36-40,42-43,45-47,49-50,52-56H2,1-6H3,(H-,61,63,65,66)/p+1/b14-11+,22-19-,23-20+,30-28-,35-32-,44-41-,51-48+. The highest BCUT2D eigenvalue weighted by atomic mass is 31.2. The number of likely N-dealkylation sites (N-methyl/N-ethyl adjacent to an activating group) is 1. The molecule has 0 heterocycles. The third kappa shape index (κ3) is 50.1. The molecule has 3 atom stereocenters. The quantitative estimate of drug-likeness (QED) is 0.0205. The molecule has 0 aromatic rings. The van der Waals surface area contributed by atoms with Crippen LogP contribution >= 0.6 is 7.82 Å². The Morgan fingerprint density at radius 1 is 0.514 bits per heavy atom. The Labute approximate surface area is 431 Å². The minimum atomic E-state index is -4.46. The van der Waals surface area contributed by atoms with Crippen LogP contribution in [0.1, 0.15) is 233 Å². The topological polar surface area (TPSA) is 111 Å². The second-order valence-electron chi connectivity index (χ2n) is 20.1. The fourth-order valence-corrected chi connectivity index (χ4v) is 8.41. The summed E-state index contributed by atoms with van der Waals surface area (Å²) < 4.78 is 30.5. The van der Waals surface area contributed by atoms with E-state index in [0.717, 1.165) is 89.9 Å². The summed E-state index contributed by atoms with van der Waals surface area (Å²) in [5.41, 5.74) is 0. The molecule has 0 rings (SSSR count). The van der Waals surface area contributed by atoms with Crippen molar-refractivity contribution in [2.45, 2.75) is 245 Å². The number of quaternary nitrogens is 1. The Balaban J connectivity index is 5.49. The number of hydrogen-bond acceptors (Lipinski definition) is 6. The molecule has 0 radical (unpaired) electrons. The normalized spacial score (nSPS) is 14.4. The van der Waals surface area contributed by atoms with E-state index in [-0.39, 0.29) is 31.5 Å². The van der Waals surface area contributed by atoms with Crippen molar-refractivity contribution in [3.63, 3.8) is 0 Å². The van der Waals surface area contributed by atoms with Crippen molar-refractivity contribution in [2.75, 3.05) is 40.9 Å². The van der Waals surface area contributed by atoms with Gasteiger partial charge in [-0.1, -0.05) is 209 Å². The largest absolute Gasteiger partial charge is 0.472 e. The van der Waals surface area contributed by atoms with E-state index in [1.807, 2.05) is 33.3 Å². The molecule has 0 fully saturated rings. The number of hydrogen-bond donors (Lipinski definition) is 2. The van der Waals surface area contributed by atoms with Crippen molar-refractivity contribution in [3.05, 3.63) is 85.1 Å². The van der Waals surface area contributed by atoms with Crippen molar-refractivity contribution < 1.29 is 37.3 Å². The van der Waals surface area contributed by atoms with Crippen molar-refractivity contribution in [3.8, 4) is 0 Å². The third-order valence-electron chi connectivity index (χ3n) is 12.1. The first-order valence-corrected chi connectivity index (χ1v) is 29.9. The molecular weight excluding hydrogens is 892 g/mol. The molecule has 404 valence electrons. The van der Waals surface area contributed by atoms with Gasteiger partial charge in [0, 0.05) is 12.8 Å². The van der Waals surface area contributed by atoms with E-state index in [1.165, 1.54) is 103 Å². The van der Waals surface area contributed by atoms with Crippen LogP contribution in [0.25, 0.3) is 0 Å². The summed E-state index contributed by atoms with van der Waals surface area (Å²) in [7, 11) is 1.45. The summed E-state index contributed by atoms with van der Waals surface area (Å²) in [6, 6.07) is -0.877. The van der Waals surface area contributed by atoms with E-state index < -0.39 is 20.0 Å². The van der Waals surface area contributed by atoms with Crippen LogP contribution in [0.15, 0.2) is 85.1 Å². The Bertz CT molecular complexity index is 1480. The molecule has 1 amide bonds. The van der Waals surface area contributed by atoms with Gasteiger partial charge >= 0.3 is 13.8 Å². The zero-order valence-corrected chi connectivity index (χ0v) is 46.9. The molecule has 0 saturated heterocycles. The molecule has 0 spiro atoms. The lowest BCUT2D eigenvalue weighted by atomic mass is 10.0. The van der Waals surface area contributed by atoms with E-state index in [9.17, 15) is 19.0 Å². The molecule has 0 aliphatic carbocycles. The number of rotatable bonds is 50. The van der Waals surface area contributed by atoms with Crippen LogP contribution in [0.3, 0.4) is 0 Å². The maximum Gasteiger partial charge on any atom is 0.472 e. The van der Waals surface area contributed by atoms with Crippen molar-refractivity contribution >= 4 is 19.7 Å². The highest BCUT2D eigenvalue weighted by Gasteiger charge is 2.30. The predicted molar refractivity (Wildman–Crippen MR) is 300 cm³/mol. The molecule has 0 saturated carbocycles. The van der Waals surface area contributed by atoms with Crippen LogP contribution in [0.4, 0.5) is 0 Å². The van der Waals surface area contributed by atoms with Gasteiger partial charge in [0.2, 0.25) is 5.91 Å². The fraction of sp³-hybridized carbons (Fsp3) is 0.733. The number of unbranched alkanes of at least 4 members (excludes halogenated alkanes) is 22. The number of nitrogens with zero attached hydrogens (tertiary/aromatic N) is 1. The number of amides is 1. The molecule has 0 aromatic carbocycles. The monoisotopic (exact) mass is 1000 g/mol. The summed E-state index contributed by atoms with van der Waals surface area (Å²) in [5, 5.41) is 3.03. The Morgan fingerprint density at radius 2 is 0.929 bits per heavy atom. The van der Waals surface area contributed by atoms with Gasteiger partial charge in [0.25, 0.3) is 0 Å². The predicted octanol–water partition coefficient (Wildman–Crippen LogP) is 17.0. The summed E-state index contributed by atoms with van der Waals surface area (Å²) >= 11 is 0. The summed E-state index contributed by atoms with van der Waals surface area (Å²) in [4.78, 5) is 37.5. The van der Waals surface area contributed by atoms with Crippen LogP contribution in [-0.2, 0) is 27.9 Å². The second kappa shape index (κ2) is 49.8. The molecule has 0 aliphatic heterocycles. The number of nitrogens with one attached hydrogen (secondary N) is 1. The van der Waals surface area contributed by atoms with Crippen molar-refractivity contribution in [1.82, 2.24) is 5.32 Å². The maximum absolute atomic E-state index is 13.5. The van der Waals surface area contributed by atoms with Crippen molar-refractivity contribution in [1.29, 1.82) is 0 Å². The lowest BCUT2D eigenvalue weighted by Crippen LogP contribution is -2.47. The molecule has 10 heteroatoms. The maximum atomic E-state index is 13.5. The molecule has 2 N–H and O–H groups in total. The molecule has 9 nitrogen and oxygen atoms in total. The van der Waals surface area contributed by atoms with Crippen LogP contribution in [0.2, 0.25) is 0 Å². The van der Waals surface area contributed by atoms with E-state index in [4.69, 9.17) is 13.8 Å². The van der Waals surface area contributed by atoms with Gasteiger partial charge in [-0.05, 0) is 96.0 Å². The van der Waals surface area contributed by atoms with Gasteiger partial charge < -0.3 is 19.4 Å². The summed E-state index contributed by atoms with van der Waals surface area (Å²) in [5.74, 6) is -0.584. The molecule has 70 heavy (non-hydrogen) atoms. The van der Waals surface area contributed by atoms with Crippen molar-refractivity contribution in [2.24, 2.45) is 0 Å². The first-order chi connectivity index (χ1) is 33.9. The highest BCUT2D eigenvalue weighted by molar-refractivity contribution is 7.47. The zero-order chi connectivity index (χ0) is 51.5. The van der Waals surface area contributed by atoms with E-state index in [0.29, 0.717) is 23.9 Å². The molecule has 0 aliphatic rings. The number of ether oxygens (including phenoxy) is 1. The minimum Gasteiger partial charge on any atom is -0.456 e. The van der Waals surface area contributed by atoms with Gasteiger partial charge in [0.15, 0.2) is 0 Å². The number of phosphoric ester groups is 1. The average molecular weight is 1000 g/mol. The minimum absolute atomic E-state index is 0.0268. The molecule has 0 bridgehead atoms. The molecular formula is C60H108N2O7P+. The van der Waals surface area contributed by atoms with Crippen LogP contribution in [0.5, 0.6) is 0 Å². The number of carbonyl (C=O) groups is 2. The Morgan fingerprint density at radius 3 is 1.43 bits per heavy atom. The van der Waals surface area contributed by atoms with Gasteiger partial charge in [-0.3, -0.25) is 18.6 Å².